The summed E-state index contributed by atoms with van der Waals surface area (Å²) in [4.78, 5) is 46.6. The SMILES string of the molecule is Cc1nc(CCC(=O)N[C@@H](Cc2ccc(O)cc2)C(=O)N[C@H](C(=O)O)C(C)C)cc(C2CCNCC2)n1. The Morgan fingerprint density at radius 3 is 2.38 bits per heavy atom. The summed E-state index contributed by atoms with van der Waals surface area (Å²) in [5.41, 5.74) is 2.50. The van der Waals surface area contributed by atoms with Crippen molar-refractivity contribution in [3.8, 4) is 5.75 Å². The number of phenolic OH excluding ortho intramolecular Hbond substituents is 1. The molecule has 5 N–H and O–H groups in total. The van der Waals surface area contributed by atoms with Crippen LogP contribution in [-0.4, -0.2) is 63.1 Å². The third kappa shape index (κ3) is 8.52. The molecule has 2 aromatic rings. The maximum absolute atomic E-state index is 13.0. The van der Waals surface area contributed by atoms with E-state index in [4.69, 9.17) is 0 Å². The van der Waals surface area contributed by atoms with Gasteiger partial charge in [-0.05, 0) is 69.0 Å². The lowest BCUT2D eigenvalue weighted by atomic mass is 9.93. The number of hydrogen-bond donors (Lipinski definition) is 5. The van der Waals surface area contributed by atoms with Crippen molar-refractivity contribution in [2.75, 3.05) is 13.1 Å². The van der Waals surface area contributed by atoms with Crippen LogP contribution in [0, 0.1) is 12.8 Å². The van der Waals surface area contributed by atoms with E-state index in [-0.39, 0.29) is 30.4 Å². The topological polar surface area (TPSA) is 154 Å². The molecule has 3 rings (SSSR count). The van der Waals surface area contributed by atoms with E-state index in [9.17, 15) is 24.6 Å². The summed E-state index contributed by atoms with van der Waals surface area (Å²) in [6, 6.07) is 6.22. The number of rotatable bonds is 11. The Balaban J connectivity index is 1.68. The molecule has 0 radical (unpaired) electrons. The van der Waals surface area contributed by atoms with Crippen LogP contribution in [0.3, 0.4) is 0 Å². The number of nitrogens with one attached hydrogen (secondary N) is 3. The molecule has 1 saturated heterocycles. The first-order valence-corrected chi connectivity index (χ1v) is 12.8. The normalized spacial score (nSPS) is 15.7. The van der Waals surface area contributed by atoms with Gasteiger partial charge in [0.2, 0.25) is 11.8 Å². The van der Waals surface area contributed by atoms with Gasteiger partial charge in [-0.2, -0.15) is 0 Å². The van der Waals surface area contributed by atoms with E-state index in [0.29, 0.717) is 23.7 Å². The fourth-order valence-electron chi connectivity index (χ4n) is 4.46. The van der Waals surface area contributed by atoms with Gasteiger partial charge in [0.25, 0.3) is 0 Å². The molecule has 0 unspecified atom stereocenters. The second-order valence-electron chi connectivity index (χ2n) is 9.91. The fraction of sp³-hybridized carbons (Fsp3) is 0.519. The minimum Gasteiger partial charge on any atom is -0.508 e. The molecule has 1 aromatic carbocycles. The summed E-state index contributed by atoms with van der Waals surface area (Å²) < 4.78 is 0. The number of aromatic hydroxyl groups is 1. The smallest absolute Gasteiger partial charge is 0.326 e. The molecule has 10 nitrogen and oxygen atoms in total. The number of phenols is 1. The Morgan fingerprint density at radius 1 is 1.08 bits per heavy atom. The van der Waals surface area contributed by atoms with Crippen LogP contribution >= 0.6 is 0 Å². The molecule has 0 spiro atoms. The molecule has 1 aromatic heterocycles. The van der Waals surface area contributed by atoms with Crippen molar-refractivity contribution >= 4 is 17.8 Å². The molecule has 10 heteroatoms. The van der Waals surface area contributed by atoms with Crippen LogP contribution in [0.25, 0.3) is 0 Å². The number of piperidine rings is 1. The van der Waals surface area contributed by atoms with E-state index >= 15 is 0 Å². The van der Waals surface area contributed by atoms with Crippen molar-refractivity contribution in [2.45, 2.75) is 70.9 Å². The van der Waals surface area contributed by atoms with E-state index in [2.05, 4.69) is 25.9 Å². The van der Waals surface area contributed by atoms with Crippen LogP contribution in [-0.2, 0) is 27.2 Å². The van der Waals surface area contributed by atoms with Crippen LogP contribution in [0.4, 0.5) is 0 Å². The number of amides is 2. The second-order valence-corrected chi connectivity index (χ2v) is 9.91. The highest BCUT2D eigenvalue weighted by Crippen LogP contribution is 2.24. The van der Waals surface area contributed by atoms with Gasteiger partial charge >= 0.3 is 5.97 Å². The van der Waals surface area contributed by atoms with Gasteiger partial charge in [-0.3, -0.25) is 9.59 Å². The third-order valence-corrected chi connectivity index (χ3v) is 6.53. The van der Waals surface area contributed by atoms with Gasteiger partial charge in [0, 0.05) is 30.1 Å². The molecule has 1 fully saturated rings. The first kappa shape index (κ1) is 28.0. The maximum Gasteiger partial charge on any atom is 0.326 e. The highest BCUT2D eigenvalue weighted by molar-refractivity contribution is 5.90. The molecule has 2 atom stereocenters. The number of nitrogens with zero attached hydrogens (tertiary/aromatic N) is 2. The van der Waals surface area contributed by atoms with E-state index in [1.807, 2.05) is 13.0 Å². The molecule has 1 aliphatic heterocycles. The lowest BCUT2D eigenvalue weighted by Crippen LogP contribution is -2.53. The van der Waals surface area contributed by atoms with Gasteiger partial charge in [0.15, 0.2) is 0 Å². The number of carbonyl (C=O) groups excluding carboxylic acids is 2. The minimum atomic E-state index is -1.14. The summed E-state index contributed by atoms with van der Waals surface area (Å²) in [7, 11) is 0. The Morgan fingerprint density at radius 2 is 1.76 bits per heavy atom. The van der Waals surface area contributed by atoms with Gasteiger partial charge < -0.3 is 26.2 Å². The first-order valence-electron chi connectivity index (χ1n) is 12.8. The summed E-state index contributed by atoms with van der Waals surface area (Å²) in [5.74, 6) is -1.25. The van der Waals surface area contributed by atoms with E-state index in [0.717, 1.165) is 37.3 Å². The zero-order valence-corrected chi connectivity index (χ0v) is 21.7. The molecule has 37 heavy (non-hydrogen) atoms. The minimum absolute atomic E-state index is 0.0866. The van der Waals surface area contributed by atoms with Crippen molar-refractivity contribution in [1.82, 2.24) is 25.9 Å². The van der Waals surface area contributed by atoms with Crippen LogP contribution in [0.1, 0.15) is 61.8 Å². The van der Waals surface area contributed by atoms with Crippen molar-refractivity contribution in [3.05, 3.63) is 53.1 Å². The maximum atomic E-state index is 13.0. The Hall–Kier alpha value is -3.53. The van der Waals surface area contributed by atoms with Crippen LogP contribution < -0.4 is 16.0 Å². The number of carbonyl (C=O) groups is 3. The first-order chi connectivity index (χ1) is 17.6. The van der Waals surface area contributed by atoms with Crippen molar-refractivity contribution < 1.29 is 24.6 Å². The zero-order chi connectivity index (χ0) is 26.9. The van der Waals surface area contributed by atoms with Gasteiger partial charge in [-0.15, -0.1) is 0 Å². The number of carboxylic acid groups (broad SMARTS) is 1. The number of benzene rings is 1. The fourth-order valence-corrected chi connectivity index (χ4v) is 4.46. The molecule has 2 heterocycles. The monoisotopic (exact) mass is 511 g/mol. The molecular weight excluding hydrogens is 474 g/mol. The van der Waals surface area contributed by atoms with Gasteiger partial charge in [0.05, 0.1) is 0 Å². The largest absolute Gasteiger partial charge is 0.508 e. The van der Waals surface area contributed by atoms with Gasteiger partial charge in [0.1, 0.15) is 23.7 Å². The summed E-state index contributed by atoms with van der Waals surface area (Å²) >= 11 is 0. The number of hydrogen-bond acceptors (Lipinski definition) is 7. The van der Waals surface area contributed by atoms with E-state index in [1.54, 1.807) is 26.0 Å². The molecule has 0 bridgehead atoms. The molecule has 0 saturated carbocycles. The average molecular weight is 512 g/mol. The average Bonchev–Trinajstić information content (AvgIpc) is 2.86. The summed E-state index contributed by atoms with van der Waals surface area (Å²) in [6.07, 6.45) is 2.68. The zero-order valence-electron chi connectivity index (χ0n) is 21.7. The lowest BCUT2D eigenvalue weighted by molar-refractivity contribution is -0.143. The van der Waals surface area contributed by atoms with Gasteiger partial charge in [-0.1, -0.05) is 26.0 Å². The number of aliphatic carboxylic acids is 1. The Labute approximate surface area is 217 Å². The molecular formula is C27H37N5O5. The summed E-state index contributed by atoms with van der Waals surface area (Å²) in [6.45, 7) is 7.16. The second kappa shape index (κ2) is 13.1. The van der Waals surface area contributed by atoms with Crippen molar-refractivity contribution in [2.24, 2.45) is 5.92 Å². The Bertz CT molecular complexity index is 1080. The molecule has 2 amide bonds. The van der Waals surface area contributed by atoms with Crippen LogP contribution in [0.15, 0.2) is 30.3 Å². The quantitative estimate of drug-likeness (QED) is 0.306. The Kier molecular flexibility index (Phi) is 9.96. The predicted molar refractivity (Wildman–Crippen MR) is 138 cm³/mol. The number of aromatic nitrogens is 2. The lowest BCUT2D eigenvalue weighted by Gasteiger charge is -2.23. The number of aryl methyl sites for hydroxylation is 2. The van der Waals surface area contributed by atoms with Crippen LogP contribution in [0.2, 0.25) is 0 Å². The van der Waals surface area contributed by atoms with E-state index < -0.39 is 24.0 Å². The molecule has 0 aliphatic carbocycles. The third-order valence-electron chi connectivity index (χ3n) is 6.53. The van der Waals surface area contributed by atoms with Crippen molar-refractivity contribution in [3.63, 3.8) is 0 Å². The molecule has 200 valence electrons. The highest BCUT2D eigenvalue weighted by atomic mass is 16.4. The van der Waals surface area contributed by atoms with Crippen LogP contribution in [0.5, 0.6) is 5.75 Å². The van der Waals surface area contributed by atoms with Gasteiger partial charge in [-0.25, -0.2) is 14.8 Å². The number of carboxylic acids is 1. The van der Waals surface area contributed by atoms with E-state index in [1.165, 1.54) is 12.1 Å². The highest BCUT2D eigenvalue weighted by Gasteiger charge is 2.28. The predicted octanol–water partition coefficient (Wildman–Crippen LogP) is 1.84. The van der Waals surface area contributed by atoms with Crippen molar-refractivity contribution in [1.29, 1.82) is 0 Å². The molecule has 1 aliphatic rings. The standard InChI is InChI=1S/C27H37N5O5/c1-16(2)25(27(36)37)32-26(35)23(14-18-4-7-21(33)8-5-18)31-24(34)9-6-20-15-22(30-17(3)29-20)19-10-12-28-13-11-19/h4-5,7-8,15-16,19,23,25,28,33H,6,9-14H2,1-3H3,(H,31,34)(H,32,35)(H,36,37)/t23-,25-/m0/s1. The summed E-state index contributed by atoms with van der Waals surface area (Å²) in [5, 5.41) is 27.7.